The number of carbonyl (C=O) groups excluding carboxylic acids is 1. The summed E-state index contributed by atoms with van der Waals surface area (Å²) < 4.78 is 5.82. The topological polar surface area (TPSA) is 54.6 Å². The van der Waals surface area contributed by atoms with Crippen molar-refractivity contribution in [2.24, 2.45) is 5.10 Å². The van der Waals surface area contributed by atoms with Gasteiger partial charge in [-0.25, -0.2) is 5.43 Å². The molecule has 0 unspecified atom stereocenters. The second-order valence-corrected chi connectivity index (χ2v) is 4.95. The van der Waals surface area contributed by atoms with Crippen molar-refractivity contribution >= 4 is 34.1 Å². The van der Waals surface area contributed by atoms with E-state index in [1.165, 1.54) is 12.5 Å². The second kappa shape index (κ2) is 6.86. The highest BCUT2D eigenvalue weighted by atomic mass is 79.9. The molecule has 0 atom stereocenters. The van der Waals surface area contributed by atoms with Crippen LogP contribution in [0.25, 0.3) is 6.08 Å². The molecule has 0 aliphatic carbocycles. The van der Waals surface area contributed by atoms with Crippen LogP contribution in [0.2, 0.25) is 0 Å². The number of furan rings is 1. The summed E-state index contributed by atoms with van der Waals surface area (Å²) in [5.74, 6) is 0.268. The van der Waals surface area contributed by atoms with Gasteiger partial charge < -0.3 is 4.42 Å². The SMILES string of the molecule is Cc1occc1C(=O)N/N=C/C(Br)=C\c1ccccc1. The van der Waals surface area contributed by atoms with E-state index < -0.39 is 0 Å². The molecule has 1 heterocycles. The molecule has 1 aromatic heterocycles. The number of amides is 1. The molecule has 0 bridgehead atoms. The monoisotopic (exact) mass is 332 g/mol. The molecule has 2 rings (SSSR count). The normalized spacial score (nSPS) is 11.8. The standard InChI is InChI=1S/C15H13BrN2O2/c1-11-14(7-8-20-11)15(19)18-17-10-13(16)9-12-5-3-2-4-6-12/h2-10H,1H3,(H,18,19)/b13-9+,17-10+. The highest BCUT2D eigenvalue weighted by Crippen LogP contribution is 2.10. The first-order chi connectivity index (χ1) is 9.66. The molecule has 4 nitrogen and oxygen atoms in total. The van der Waals surface area contributed by atoms with E-state index in [1.54, 1.807) is 13.0 Å². The van der Waals surface area contributed by atoms with Crippen molar-refractivity contribution in [1.29, 1.82) is 0 Å². The Bertz CT molecular complexity index is 645. The lowest BCUT2D eigenvalue weighted by atomic mass is 10.2. The third kappa shape index (κ3) is 3.93. The zero-order chi connectivity index (χ0) is 14.4. The van der Waals surface area contributed by atoms with Gasteiger partial charge in [0.25, 0.3) is 5.91 Å². The van der Waals surface area contributed by atoms with Crippen LogP contribution >= 0.6 is 15.9 Å². The van der Waals surface area contributed by atoms with Crippen molar-refractivity contribution in [2.45, 2.75) is 6.92 Å². The summed E-state index contributed by atoms with van der Waals surface area (Å²) in [6.07, 6.45) is 4.90. The first kappa shape index (κ1) is 14.3. The maximum Gasteiger partial charge on any atom is 0.274 e. The molecule has 1 aromatic carbocycles. The largest absolute Gasteiger partial charge is 0.469 e. The summed E-state index contributed by atoms with van der Waals surface area (Å²) in [4.78, 5) is 11.7. The van der Waals surface area contributed by atoms with Crippen LogP contribution in [0.4, 0.5) is 0 Å². The van der Waals surface area contributed by atoms with Crippen molar-refractivity contribution in [3.63, 3.8) is 0 Å². The smallest absolute Gasteiger partial charge is 0.274 e. The number of benzene rings is 1. The minimum absolute atomic E-state index is 0.299. The summed E-state index contributed by atoms with van der Waals surface area (Å²) >= 11 is 3.37. The van der Waals surface area contributed by atoms with E-state index in [0.717, 1.165) is 10.0 Å². The minimum atomic E-state index is -0.299. The lowest BCUT2D eigenvalue weighted by Crippen LogP contribution is -2.17. The third-order valence-electron chi connectivity index (χ3n) is 2.56. The Morgan fingerprint density at radius 3 is 2.70 bits per heavy atom. The molecule has 20 heavy (non-hydrogen) atoms. The van der Waals surface area contributed by atoms with Gasteiger partial charge >= 0.3 is 0 Å². The Morgan fingerprint density at radius 1 is 1.30 bits per heavy atom. The van der Waals surface area contributed by atoms with E-state index in [1.807, 2.05) is 36.4 Å². The second-order valence-electron chi connectivity index (χ2n) is 4.03. The summed E-state index contributed by atoms with van der Waals surface area (Å²) in [6, 6.07) is 11.4. The van der Waals surface area contributed by atoms with Gasteiger partial charge in [0.05, 0.1) is 18.0 Å². The summed E-state index contributed by atoms with van der Waals surface area (Å²) in [6.45, 7) is 1.73. The molecule has 0 fully saturated rings. The fraction of sp³-hybridized carbons (Fsp3) is 0.0667. The Kier molecular flexibility index (Phi) is 4.90. The quantitative estimate of drug-likeness (QED) is 0.684. The summed E-state index contributed by atoms with van der Waals surface area (Å²) in [7, 11) is 0. The molecule has 0 spiro atoms. The molecule has 0 saturated carbocycles. The predicted octanol–water partition coefficient (Wildman–Crippen LogP) is 3.74. The molecular formula is C15H13BrN2O2. The Morgan fingerprint density at radius 2 is 2.05 bits per heavy atom. The lowest BCUT2D eigenvalue weighted by Gasteiger charge is -1.97. The number of rotatable bonds is 4. The molecule has 5 heteroatoms. The Balaban J connectivity index is 1.95. The van der Waals surface area contributed by atoms with Crippen molar-refractivity contribution < 1.29 is 9.21 Å². The number of nitrogens with zero attached hydrogens (tertiary/aromatic N) is 1. The van der Waals surface area contributed by atoms with Crippen molar-refractivity contribution in [3.8, 4) is 0 Å². The van der Waals surface area contributed by atoms with Gasteiger partial charge in [-0.3, -0.25) is 4.79 Å². The Labute approximate surface area is 125 Å². The third-order valence-corrected chi connectivity index (χ3v) is 3.00. The van der Waals surface area contributed by atoms with Crippen LogP contribution in [0.15, 0.2) is 56.7 Å². The number of nitrogens with one attached hydrogen (secondary N) is 1. The molecule has 102 valence electrons. The van der Waals surface area contributed by atoms with E-state index in [-0.39, 0.29) is 5.91 Å². The van der Waals surface area contributed by atoms with E-state index in [4.69, 9.17) is 4.42 Å². The predicted molar refractivity (Wildman–Crippen MR) is 82.7 cm³/mol. The Hall–Kier alpha value is -2.14. The zero-order valence-corrected chi connectivity index (χ0v) is 12.4. The van der Waals surface area contributed by atoms with Crippen molar-refractivity contribution in [2.75, 3.05) is 0 Å². The van der Waals surface area contributed by atoms with Gasteiger partial charge in [-0.2, -0.15) is 5.10 Å². The molecule has 0 saturated heterocycles. The number of aryl methyl sites for hydroxylation is 1. The molecule has 0 aliphatic rings. The van der Waals surface area contributed by atoms with Crippen molar-refractivity contribution in [1.82, 2.24) is 5.43 Å². The number of carbonyl (C=O) groups is 1. The molecule has 0 radical (unpaired) electrons. The first-order valence-corrected chi connectivity index (χ1v) is 6.76. The fourth-order valence-corrected chi connectivity index (χ4v) is 1.95. The van der Waals surface area contributed by atoms with Gasteiger partial charge in [0, 0.05) is 4.48 Å². The zero-order valence-electron chi connectivity index (χ0n) is 10.8. The van der Waals surface area contributed by atoms with Gasteiger partial charge in [0.2, 0.25) is 0 Å². The number of halogens is 1. The van der Waals surface area contributed by atoms with Crippen LogP contribution in [-0.4, -0.2) is 12.1 Å². The van der Waals surface area contributed by atoms with Gasteiger partial charge in [-0.05, 0) is 40.6 Å². The van der Waals surface area contributed by atoms with E-state index in [0.29, 0.717) is 11.3 Å². The average Bonchev–Trinajstić information content (AvgIpc) is 2.86. The van der Waals surface area contributed by atoms with Crippen LogP contribution in [0.1, 0.15) is 21.7 Å². The van der Waals surface area contributed by atoms with E-state index >= 15 is 0 Å². The summed E-state index contributed by atoms with van der Waals surface area (Å²) in [5.41, 5.74) is 3.96. The first-order valence-electron chi connectivity index (χ1n) is 5.96. The molecule has 1 amide bonds. The van der Waals surface area contributed by atoms with Gasteiger partial charge in [0.1, 0.15) is 5.76 Å². The molecule has 1 N–H and O–H groups in total. The van der Waals surface area contributed by atoms with Gasteiger partial charge in [0.15, 0.2) is 0 Å². The molecule has 2 aromatic rings. The number of allylic oxidation sites excluding steroid dienone is 1. The molecule has 0 aliphatic heterocycles. The number of hydrogen-bond donors (Lipinski definition) is 1. The maximum atomic E-state index is 11.7. The fourth-order valence-electron chi connectivity index (χ4n) is 1.58. The summed E-state index contributed by atoms with van der Waals surface area (Å²) in [5, 5.41) is 3.88. The van der Waals surface area contributed by atoms with E-state index in [9.17, 15) is 4.79 Å². The van der Waals surface area contributed by atoms with Crippen LogP contribution in [0.3, 0.4) is 0 Å². The number of hydrogen-bond acceptors (Lipinski definition) is 3. The van der Waals surface area contributed by atoms with Gasteiger partial charge in [-0.15, -0.1) is 0 Å². The average molecular weight is 333 g/mol. The van der Waals surface area contributed by atoms with Gasteiger partial charge in [-0.1, -0.05) is 30.3 Å². The highest BCUT2D eigenvalue weighted by Gasteiger charge is 2.09. The number of hydrazone groups is 1. The highest BCUT2D eigenvalue weighted by molar-refractivity contribution is 9.12. The maximum absolute atomic E-state index is 11.7. The van der Waals surface area contributed by atoms with Crippen LogP contribution in [-0.2, 0) is 0 Å². The van der Waals surface area contributed by atoms with Crippen LogP contribution < -0.4 is 5.43 Å². The lowest BCUT2D eigenvalue weighted by molar-refractivity contribution is 0.0953. The van der Waals surface area contributed by atoms with E-state index in [2.05, 4.69) is 26.5 Å². The minimum Gasteiger partial charge on any atom is -0.469 e. The van der Waals surface area contributed by atoms with Crippen LogP contribution in [0.5, 0.6) is 0 Å². The molecular weight excluding hydrogens is 320 g/mol. The van der Waals surface area contributed by atoms with Crippen molar-refractivity contribution in [3.05, 3.63) is 64.0 Å². The van der Waals surface area contributed by atoms with Crippen LogP contribution in [0, 0.1) is 6.92 Å².